The highest BCUT2D eigenvalue weighted by atomic mass is 32.2. The topological polar surface area (TPSA) is 50.7 Å². The van der Waals surface area contributed by atoms with Crippen molar-refractivity contribution in [2.24, 2.45) is 0 Å². The van der Waals surface area contributed by atoms with Crippen LogP contribution in [0.2, 0.25) is 0 Å². The predicted octanol–water partition coefficient (Wildman–Crippen LogP) is 3.29. The summed E-state index contributed by atoms with van der Waals surface area (Å²) in [7, 11) is 1.67. The van der Waals surface area contributed by atoms with Gasteiger partial charge >= 0.3 is 0 Å². The molecule has 0 saturated heterocycles. The molecule has 0 fully saturated rings. The van der Waals surface area contributed by atoms with E-state index in [0.717, 1.165) is 22.1 Å². The third-order valence-corrected chi connectivity index (χ3v) is 6.29. The molecule has 1 heterocycles. The van der Waals surface area contributed by atoms with Crippen LogP contribution in [0.3, 0.4) is 0 Å². The normalized spacial score (nSPS) is 17.9. The van der Waals surface area contributed by atoms with Gasteiger partial charge in [0.1, 0.15) is 18.1 Å². The van der Waals surface area contributed by atoms with Crippen molar-refractivity contribution in [3.8, 4) is 11.5 Å². The molecule has 0 aliphatic carbocycles. The number of fused-ring (bicyclic) bond motifs is 1. The van der Waals surface area contributed by atoms with Gasteiger partial charge in [0.15, 0.2) is 0 Å². The van der Waals surface area contributed by atoms with E-state index in [9.17, 15) is 5.11 Å². The standard InChI is InChI=1S/C19H23NO3S2/c1-22-16-6-2-4-8-18(16)25-13-15(21)10-20-14-11-23-17-7-3-5-9-19(17)24-12-14/h2-9,14-15,20-21H,10-13H2,1H3/t14-,15?/m1/s1. The van der Waals surface area contributed by atoms with Crippen LogP contribution in [0.1, 0.15) is 0 Å². The molecule has 1 aliphatic heterocycles. The van der Waals surface area contributed by atoms with Gasteiger partial charge in [-0.25, -0.2) is 0 Å². The Kier molecular flexibility index (Phi) is 6.93. The van der Waals surface area contributed by atoms with Gasteiger partial charge in [0.25, 0.3) is 0 Å². The van der Waals surface area contributed by atoms with Gasteiger partial charge in [0, 0.05) is 27.8 Å². The number of nitrogens with one attached hydrogen (secondary N) is 1. The average molecular weight is 378 g/mol. The van der Waals surface area contributed by atoms with Gasteiger partial charge in [-0.2, -0.15) is 0 Å². The van der Waals surface area contributed by atoms with Crippen molar-refractivity contribution >= 4 is 23.5 Å². The summed E-state index contributed by atoms with van der Waals surface area (Å²) in [4.78, 5) is 2.23. The second-order valence-electron chi connectivity index (χ2n) is 5.79. The Morgan fingerprint density at radius 2 is 2.08 bits per heavy atom. The van der Waals surface area contributed by atoms with Crippen molar-refractivity contribution in [3.05, 3.63) is 48.5 Å². The van der Waals surface area contributed by atoms with E-state index in [1.807, 2.05) is 42.5 Å². The second-order valence-corrected chi connectivity index (χ2v) is 7.91. The first kappa shape index (κ1) is 18.5. The van der Waals surface area contributed by atoms with Gasteiger partial charge in [0.2, 0.25) is 0 Å². The molecule has 0 aromatic heterocycles. The monoisotopic (exact) mass is 377 g/mol. The second kappa shape index (κ2) is 9.38. The lowest BCUT2D eigenvalue weighted by molar-refractivity contribution is 0.183. The highest BCUT2D eigenvalue weighted by molar-refractivity contribution is 7.99. The summed E-state index contributed by atoms with van der Waals surface area (Å²) in [6.45, 7) is 1.17. The minimum Gasteiger partial charge on any atom is -0.496 e. The largest absolute Gasteiger partial charge is 0.496 e. The van der Waals surface area contributed by atoms with E-state index < -0.39 is 6.10 Å². The number of hydrogen-bond acceptors (Lipinski definition) is 6. The zero-order valence-electron chi connectivity index (χ0n) is 14.2. The zero-order chi connectivity index (χ0) is 17.5. The summed E-state index contributed by atoms with van der Waals surface area (Å²) in [6, 6.07) is 16.2. The van der Waals surface area contributed by atoms with Crippen LogP contribution in [-0.2, 0) is 0 Å². The minimum absolute atomic E-state index is 0.225. The number of rotatable bonds is 7. The third kappa shape index (κ3) is 5.31. The highest BCUT2D eigenvalue weighted by Crippen LogP contribution is 2.32. The SMILES string of the molecule is COc1ccccc1SCC(O)CN[C@@H]1COc2ccccc2SC1. The number of aliphatic hydroxyl groups is 1. The van der Waals surface area contributed by atoms with Gasteiger partial charge in [-0.3, -0.25) is 0 Å². The quantitative estimate of drug-likeness (QED) is 0.722. The smallest absolute Gasteiger partial charge is 0.132 e. The zero-order valence-corrected chi connectivity index (χ0v) is 15.8. The lowest BCUT2D eigenvalue weighted by atomic mass is 10.3. The number of benzene rings is 2. The van der Waals surface area contributed by atoms with Crippen LogP contribution < -0.4 is 14.8 Å². The molecular weight excluding hydrogens is 354 g/mol. The molecule has 2 atom stereocenters. The van der Waals surface area contributed by atoms with E-state index in [4.69, 9.17) is 9.47 Å². The summed E-state index contributed by atoms with van der Waals surface area (Å²) < 4.78 is 11.2. The molecule has 0 spiro atoms. The minimum atomic E-state index is -0.425. The first-order chi connectivity index (χ1) is 12.3. The van der Waals surface area contributed by atoms with Crippen LogP contribution in [0.5, 0.6) is 11.5 Å². The van der Waals surface area contributed by atoms with Crippen LogP contribution >= 0.6 is 23.5 Å². The van der Waals surface area contributed by atoms with Crippen molar-refractivity contribution in [1.82, 2.24) is 5.32 Å². The van der Waals surface area contributed by atoms with Gasteiger partial charge in [-0.15, -0.1) is 23.5 Å². The highest BCUT2D eigenvalue weighted by Gasteiger charge is 2.18. The molecule has 25 heavy (non-hydrogen) atoms. The number of ether oxygens (including phenoxy) is 2. The molecule has 2 aromatic carbocycles. The van der Waals surface area contributed by atoms with Crippen LogP contribution in [-0.4, -0.2) is 49.0 Å². The lowest BCUT2D eigenvalue weighted by Crippen LogP contribution is -2.41. The van der Waals surface area contributed by atoms with Crippen molar-refractivity contribution in [2.45, 2.75) is 21.9 Å². The number of para-hydroxylation sites is 2. The maximum absolute atomic E-state index is 10.3. The molecule has 1 aliphatic rings. The Balaban J connectivity index is 1.43. The molecule has 4 nitrogen and oxygen atoms in total. The van der Waals surface area contributed by atoms with E-state index in [0.29, 0.717) is 18.9 Å². The molecule has 6 heteroatoms. The van der Waals surface area contributed by atoms with E-state index in [1.165, 1.54) is 4.90 Å². The van der Waals surface area contributed by atoms with E-state index >= 15 is 0 Å². The Morgan fingerprint density at radius 1 is 1.28 bits per heavy atom. The number of methoxy groups -OCH3 is 1. The van der Waals surface area contributed by atoms with Crippen molar-refractivity contribution < 1.29 is 14.6 Å². The number of aliphatic hydroxyl groups excluding tert-OH is 1. The first-order valence-corrected chi connectivity index (χ1v) is 10.3. The Hall–Kier alpha value is -1.34. The van der Waals surface area contributed by atoms with Crippen LogP contribution in [0, 0.1) is 0 Å². The molecule has 1 unspecified atom stereocenters. The fraction of sp³-hybridized carbons (Fsp3) is 0.368. The Labute approximate surface area is 157 Å². The summed E-state index contributed by atoms with van der Waals surface area (Å²) in [5.41, 5.74) is 0. The molecule has 3 rings (SSSR count). The molecular formula is C19H23NO3S2. The van der Waals surface area contributed by atoms with E-state index in [1.54, 1.807) is 30.6 Å². The molecule has 134 valence electrons. The maximum Gasteiger partial charge on any atom is 0.132 e. The number of hydrogen-bond donors (Lipinski definition) is 2. The van der Waals surface area contributed by atoms with E-state index in [-0.39, 0.29) is 6.04 Å². The Bertz CT molecular complexity index is 656. The number of thioether (sulfide) groups is 2. The van der Waals surface area contributed by atoms with Crippen molar-refractivity contribution in [3.63, 3.8) is 0 Å². The Morgan fingerprint density at radius 3 is 2.96 bits per heavy atom. The van der Waals surface area contributed by atoms with Crippen LogP contribution in [0.15, 0.2) is 58.3 Å². The summed E-state index contributed by atoms with van der Waals surface area (Å²) >= 11 is 3.40. The summed E-state index contributed by atoms with van der Waals surface area (Å²) in [5.74, 6) is 3.35. The van der Waals surface area contributed by atoms with Crippen LogP contribution in [0.25, 0.3) is 0 Å². The molecule has 2 aromatic rings. The average Bonchev–Trinajstić information content (AvgIpc) is 2.87. The molecule has 0 radical (unpaired) electrons. The lowest BCUT2D eigenvalue weighted by Gasteiger charge is -2.18. The fourth-order valence-electron chi connectivity index (χ4n) is 2.52. The van der Waals surface area contributed by atoms with Gasteiger partial charge < -0.3 is 19.9 Å². The molecule has 2 N–H and O–H groups in total. The van der Waals surface area contributed by atoms with E-state index in [2.05, 4.69) is 11.4 Å². The summed E-state index contributed by atoms with van der Waals surface area (Å²) in [5, 5.41) is 13.7. The molecule has 0 saturated carbocycles. The maximum atomic E-state index is 10.3. The molecule has 0 bridgehead atoms. The first-order valence-electron chi connectivity index (χ1n) is 8.28. The molecule has 0 amide bonds. The van der Waals surface area contributed by atoms with Crippen molar-refractivity contribution in [1.29, 1.82) is 0 Å². The fourth-order valence-corrected chi connectivity index (χ4v) is 4.52. The van der Waals surface area contributed by atoms with Gasteiger partial charge in [0.05, 0.1) is 19.3 Å². The predicted molar refractivity (Wildman–Crippen MR) is 104 cm³/mol. The van der Waals surface area contributed by atoms with Gasteiger partial charge in [-0.05, 0) is 24.3 Å². The summed E-state index contributed by atoms with van der Waals surface area (Å²) in [6.07, 6.45) is -0.425. The van der Waals surface area contributed by atoms with Gasteiger partial charge in [-0.1, -0.05) is 24.3 Å². The third-order valence-electron chi connectivity index (χ3n) is 3.87. The van der Waals surface area contributed by atoms with Crippen molar-refractivity contribution in [2.75, 3.05) is 31.8 Å². The van der Waals surface area contributed by atoms with Crippen LogP contribution in [0.4, 0.5) is 0 Å².